The van der Waals surface area contributed by atoms with E-state index in [1.807, 2.05) is 30.3 Å². The first-order valence-electron chi connectivity index (χ1n) is 4.24. The molecule has 0 unspecified atom stereocenters. The van der Waals surface area contributed by atoms with Crippen LogP contribution >= 0.6 is 0 Å². The molecule has 6 nitrogen and oxygen atoms in total. The summed E-state index contributed by atoms with van der Waals surface area (Å²) in [5.74, 6) is -0.338. The van der Waals surface area contributed by atoms with E-state index >= 15 is 0 Å². The highest BCUT2D eigenvalue weighted by atomic mass is 16.5. The third-order valence-electron chi connectivity index (χ3n) is 1.72. The predicted octanol–water partition coefficient (Wildman–Crippen LogP) is 0.310. The number of aliphatic imine (C=N–C) groups is 1. The van der Waals surface area contributed by atoms with Crippen molar-refractivity contribution in [2.24, 2.45) is 15.9 Å². The van der Waals surface area contributed by atoms with Crippen molar-refractivity contribution >= 4 is 11.7 Å². The van der Waals surface area contributed by atoms with Gasteiger partial charge in [-0.25, -0.2) is 5.48 Å². The van der Waals surface area contributed by atoms with Crippen LogP contribution in [0.25, 0.3) is 0 Å². The number of amidine groups is 2. The third kappa shape index (κ3) is 3.28. The smallest absolute Gasteiger partial charge is 0.207 e. The average molecular weight is 208 g/mol. The molecule has 0 amide bonds. The summed E-state index contributed by atoms with van der Waals surface area (Å²) in [6.45, 7) is 0.333. The first-order valence-corrected chi connectivity index (χ1v) is 4.24. The molecule has 0 fully saturated rings. The third-order valence-corrected chi connectivity index (χ3v) is 1.72. The van der Waals surface area contributed by atoms with Crippen molar-refractivity contribution in [3.05, 3.63) is 35.9 Å². The summed E-state index contributed by atoms with van der Waals surface area (Å²) in [5, 5.41) is 19.7. The van der Waals surface area contributed by atoms with Crippen molar-refractivity contribution in [3.63, 3.8) is 0 Å². The second-order valence-electron chi connectivity index (χ2n) is 2.75. The van der Waals surface area contributed by atoms with E-state index in [9.17, 15) is 0 Å². The number of nitrogens with two attached hydrogens (primary N) is 1. The molecule has 1 aromatic carbocycles. The van der Waals surface area contributed by atoms with Gasteiger partial charge < -0.3 is 10.9 Å². The van der Waals surface area contributed by atoms with Crippen LogP contribution in [-0.2, 0) is 6.54 Å². The number of benzene rings is 1. The van der Waals surface area contributed by atoms with Gasteiger partial charge in [-0.1, -0.05) is 35.5 Å². The van der Waals surface area contributed by atoms with E-state index in [2.05, 4.69) is 10.1 Å². The summed E-state index contributed by atoms with van der Waals surface area (Å²) in [6.07, 6.45) is 0. The summed E-state index contributed by atoms with van der Waals surface area (Å²) in [6, 6.07) is 9.40. The summed E-state index contributed by atoms with van der Waals surface area (Å²) in [5.41, 5.74) is 7.95. The fraction of sp³-hybridized carbons (Fsp3) is 0.111. The van der Waals surface area contributed by atoms with Crippen molar-refractivity contribution in [2.75, 3.05) is 0 Å². The van der Waals surface area contributed by atoms with E-state index in [0.717, 1.165) is 5.56 Å². The Hall–Kier alpha value is -2.08. The van der Waals surface area contributed by atoms with Gasteiger partial charge in [-0.05, 0) is 5.56 Å². The van der Waals surface area contributed by atoms with Gasteiger partial charge in [-0.3, -0.25) is 10.2 Å². The maximum Gasteiger partial charge on any atom is 0.207 e. The standard InChI is InChI=1S/C9H12N4O2/c10-8(12-14)9(13-15)11-6-7-4-2-1-3-5-7/h1-5,14-15H,6H2,(H2,10,12)(H,11,13). The topological polar surface area (TPSA) is 103 Å². The molecule has 0 aliphatic rings. The van der Waals surface area contributed by atoms with Crippen LogP contribution < -0.4 is 11.2 Å². The van der Waals surface area contributed by atoms with Gasteiger partial charge in [-0.15, -0.1) is 0 Å². The Bertz CT molecular complexity index is 362. The Morgan fingerprint density at radius 3 is 2.53 bits per heavy atom. The Labute approximate surface area is 86.7 Å². The van der Waals surface area contributed by atoms with Gasteiger partial charge in [-0.2, -0.15) is 0 Å². The highest BCUT2D eigenvalue weighted by molar-refractivity contribution is 6.39. The SMILES string of the molecule is N/C(=N/O)C(=NCc1ccccc1)NO. The van der Waals surface area contributed by atoms with E-state index in [-0.39, 0.29) is 11.7 Å². The second kappa shape index (κ2) is 5.61. The Kier molecular flexibility index (Phi) is 4.11. The van der Waals surface area contributed by atoms with E-state index in [0.29, 0.717) is 6.54 Å². The first-order chi connectivity index (χ1) is 7.27. The first kappa shape index (κ1) is 11.0. The molecule has 0 aliphatic heterocycles. The maximum absolute atomic E-state index is 8.65. The van der Waals surface area contributed by atoms with Crippen LogP contribution in [0.2, 0.25) is 0 Å². The number of nitrogens with one attached hydrogen (secondary N) is 1. The van der Waals surface area contributed by atoms with Crippen molar-refractivity contribution in [2.45, 2.75) is 6.54 Å². The summed E-state index contributed by atoms with van der Waals surface area (Å²) in [7, 11) is 0. The van der Waals surface area contributed by atoms with Crippen LogP contribution in [0.5, 0.6) is 0 Å². The number of oxime groups is 1. The molecule has 0 aliphatic carbocycles. The molecule has 1 aromatic rings. The minimum absolute atomic E-state index is 0.0682. The predicted molar refractivity (Wildman–Crippen MR) is 55.9 cm³/mol. The van der Waals surface area contributed by atoms with E-state index in [1.165, 1.54) is 0 Å². The molecule has 0 atom stereocenters. The van der Waals surface area contributed by atoms with Gasteiger partial charge in [0.2, 0.25) is 5.84 Å². The van der Waals surface area contributed by atoms with E-state index < -0.39 is 0 Å². The van der Waals surface area contributed by atoms with Crippen LogP contribution in [0.3, 0.4) is 0 Å². The summed E-state index contributed by atoms with van der Waals surface area (Å²) >= 11 is 0. The van der Waals surface area contributed by atoms with Gasteiger partial charge >= 0.3 is 0 Å². The molecule has 6 heteroatoms. The van der Waals surface area contributed by atoms with Crippen LogP contribution in [0.1, 0.15) is 5.56 Å². The van der Waals surface area contributed by atoms with E-state index in [4.69, 9.17) is 16.1 Å². The molecule has 5 N–H and O–H groups in total. The van der Waals surface area contributed by atoms with Crippen molar-refractivity contribution in [3.8, 4) is 0 Å². The number of hydrogen-bond acceptors (Lipinski definition) is 4. The number of hydrogen-bond donors (Lipinski definition) is 4. The summed E-state index contributed by atoms with van der Waals surface area (Å²) < 4.78 is 0. The van der Waals surface area contributed by atoms with Crippen molar-refractivity contribution in [1.82, 2.24) is 5.48 Å². The molecular formula is C9H12N4O2. The lowest BCUT2D eigenvalue weighted by atomic mass is 10.2. The molecule has 0 radical (unpaired) electrons. The Morgan fingerprint density at radius 1 is 1.33 bits per heavy atom. The van der Waals surface area contributed by atoms with Crippen molar-refractivity contribution in [1.29, 1.82) is 0 Å². The molecule has 0 aromatic heterocycles. The van der Waals surface area contributed by atoms with E-state index in [1.54, 1.807) is 5.48 Å². The zero-order chi connectivity index (χ0) is 11.1. The second-order valence-corrected chi connectivity index (χ2v) is 2.75. The fourth-order valence-electron chi connectivity index (χ4n) is 0.975. The molecule has 0 heterocycles. The van der Waals surface area contributed by atoms with Gasteiger partial charge in [0.25, 0.3) is 0 Å². The van der Waals surface area contributed by atoms with Crippen LogP contribution in [0, 0.1) is 0 Å². The van der Waals surface area contributed by atoms with Crippen LogP contribution in [-0.4, -0.2) is 22.1 Å². The van der Waals surface area contributed by atoms with Gasteiger partial charge in [0.15, 0.2) is 5.84 Å². The Morgan fingerprint density at radius 2 is 2.00 bits per heavy atom. The Balaban J connectivity index is 2.71. The lowest BCUT2D eigenvalue weighted by Crippen LogP contribution is -2.34. The van der Waals surface area contributed by atoms with Crippen LogP contribution in [0.4, 0.5) is 0 Å². The van der Waals surface area contributed by atoms with Gasteiger partial charge in [0.1, 0.15) is 0 Å². The molecule has 0 spiro atoms. The van der Waals surface area contributed by atoms with Gasteiger partial charge in [0.05, 0.1) is 6.54 Å². The largest absolute Gasteiger partial charge is 0.409 e. The number of rotatable bonds is 2. The highest BCUT2D eigenvalue weighted by Gasteiger charge is 2.02. The molecule has 0 saturated heterocycles. The minimum Gasteiger partial charge on any atom is -0.409 e. The quantitative estimate of drug-likeness (QED) is 0.243. The molecule has 80 valence electrons. The summed E-state index contributed by atoms with van der Waals surface area (Å²) in [4.78, 5) is 3.92. The zero-order valence-corrected chi connectivity index (χ0v) is 7.96. The zero-order valence-electron chi connectivity index (χ0n) is 7.96. The monoisotopic (exact) mass is 208 g/mol. The molecular weight excluding hydrogens is 196 g/mol. The minimum atomic E-state index is -0.270. The number of hydroxylamine groups is 1. The van der Waals surface area contributed by atoms with Crippen molar-refractivity contribution < 1.29 is 10.4 Å². The fourth-order valence-corrected chi connectivity index (χ4v) is 0.975. The lowest BCUT2D eigenvalue weighted by molar-refractivity contribution is 0.235. The number of nitrogens with zero attached hydrogens (tertiary/aromatic N) is 2. The maximum atomic E-state index is 8.65. The lowest BCUT2D eigenvalue weighted by Gasteiger charge is -2.02. The highest BCUT2D eigenvalue weighted by Crippen LogP contribution is 1.99. The molecule has 0 bridgehead atoms. The molecule has 0 saturated carbocycles. The normalized spacial score (nSPS) is 12.6. The van der Waals surface area contributed by atoms with Crippen LogP contribution in [0.15, 0.2) is 40.5 Å². The average Bonchev–Trinajstić information content (AvgIpc) is 2.31. The molecule has 15 heavy (non-hydrogen) atoms. The molecule has 1 rings (SSSR count). The van der Waals surface area contributed by atoms with Gasteiger partial charge in [0, 0.05) is 0 Å².